The summed E-state index contributed by atoms with van der Waals surface area (Å²) in [6.45, 7) is 8.36. The van der Waals surface area contributed by atoms with Gasteiger partial charge in [0, 0.05) is 37.3 Å². The van der Waals surface area contributed by atoms with E-state index in [1.165, 1.54) is 11.1 Å². The number of ether oxygens (including phenoxy) is 1. The molecule has 0 radical (unpaired) electrons. The number of hydrogen-bond acceptors (Lipinski definition) is 4. The van der Waals surface area contributed by atoms with Gasteiger partial charge in [0.15, 0.2) is 0 Å². The van der Waals surface area contributed by atoms with Gasteiger partial charge in [-0.25, -0.2) is 0 Å². The van der Waals surface area contributed by atoms with Crippen LogP contribution < -0.4 is 9.46 Å². The Morgan fingerprint density at radius 1 is 1.21 bits per heavy atom. The monoisotopic (exact) mass is 443 g/mol. The Hall–Kier alpha value is -0.860. The molecule has 4 rings (SSSR count). The van der Waals surface area contributed by atoms with Gasteiger partial charge in [-0.05, 0) is 75.6 Å². The number of methoxy groups -OCH3 is 1. The number of rotatable bonds is 3. The Kier molecular flexibility index (Phi) is 6.57. The standard InChI is InChI=1S/C21H33N3O3S.ClH/c1-21(2,3)22-28(25,26)24-10-5-6-16-14-23-11-9-15-12-17(27-4)7-8-18(15)20(23)13-19(16)24;/h7-8,12,16,19-20,22H,5-6,9-11,13-14H2,1-4H3;1H/t16-,19+,20-;/m1./s1. The number of nitrogens with zero attached hydrogens (tertiary/aromatic N) is 2. The van der Waals surface area contributed by atoms with E-state index in [9.17, 15) is 8.42 Å². The van der Waals surface area contributed by atoms with Crippen molar-refractivity contribution >= 4 is 22.6 Å². The fourth-order valence-corrected chi connectivity index (χ4v) is 7.14. The molecule has 2 fully saturated rings. The summed E-state index contributed by atoms with van der Waals surface area (Å²) in [6.07, 6.45) is 3.96. The van der Waals surface area contributed by atoms with Gasteiger partial charge in [-0.3, -0.25) is 4.90 Å². The largest absolute Gasteiger partial charge is 0.497 e. The second-order valence-corrected chi connectivity index (χ2v) is 11.1. The Morgan fingerprint density at radius 3 is 2.66 bits per heavy atom. The molecular weight excluding hydrogens is 410 g/mol. The van der Waals surface area contributed by atoms with Crippen molar-refractivity contribution in [3.05, 3.63) is 29.3 Å². The molecule has 3 atom stereocenters. The van der Waals surface area contributed by atoms with Gasteiger partial charge in [-0.2, -0.15) is 17.4 Å². The number of piperidine rings is 2. The Morgan fingerprint density at radius 2 is 1.97 bits per heavy atom. The van der Waals surface area contributed by atoms with Gasteiger partial charge in [-0.1, -0.05) is 6.07 Å². The third-order valence-corrected chi connectivity index (χ3v) is 8.30. The number of nitrogens with one attached hydrogen (secondary N) is 1. The van der Waals surface area contributed by atoms with Gasteiger partial charge in [0.25, 0.3) is 10.2 Å². The molecule has 29 heavy (non-hydrogen) atoms. The zero-order chi connectivity index (χ0) is 20.1. The quantitative estimate of drug-likeness (QED) is 0.779. The fraction of sp³-hybridized carbons (Fsp3) is 0.714. The summed E-state index contributed by atoms with van der Waals surface area (Å²) in [5, 5.41) is 0. The summed E-state index contributed by atoms with van der Waals surface area (Å²) in [4.78, 5) is 2.57. The molecule has 0 bridgehead atoms. The maximum Gasteiger partial charge on any atom is 0.280 e. The maximum atomic E-state index is 13.1. The lowest BCUT2D eigenvalue weighted by Crippen LogP contribution is -2.60. The fourth-order valence-electron chi connectivity index (χ4n) is 5.26. The molecule has 3 aliphatic heterocycles. The topological polar surface area (TPSA) is 61.9 Å². The van der Waals surface area contributed by atoms with E-state index in [1.807, 2.05) is 26.8 Å². The van der Waals surface area contributed by atoms with Crippen molar-refractivity contribution in [3.8, 4) is 5.75 Å². The number of fused-ring (bicyclic) bond motifs is 4. The highest BCUT2D eigenvalue weighted by Gasteiger charge is 2.46. The van der Waals surface area contributed by atoms with Crippen LogP contribution in [0.25, 0.3) is 0 Å². The first-order valence-corrected chi connectivity index (χ1v) is 11.8. The van der Waals surface area contributed by atoms with E-state index in [2.05, 4.69) is 21.8 Å². The van der Waals surface area contributed by atoms with E-state index in [4.69, 9.17) is 4.74 Å². The SMILES string of the molecule is COc1ccc2c(c1)CCN1C[C@H]3CCCN(S(=O)(=O)NC(C)(C)C)[C@H]3C[C@H]21.Cl. The van der Waals surface area contributed by atoms with Crippen molar-refractivity contribution < 1.29 is 13.2 Å². The molecule has 0 amide bonds. The normalized spacial score (nSPS) is 27.9. The van der Waals surface area contributed by atoms with Crippen molar-refractivity contribution in [2.75, 3.05) is 26.7 Å². The van der Waals surface area contributed by atoms with Crippen LogP contribution in [0.15, 0.2) is 18.2 Å². The second kappa shape index (κ2) is 8.35. The van der Waals surface area contributed by atoms with Crippen LogP contribution in [0.2, 0.25) is 0 Å². The minimum atomic E-state index is -3.49. The highest BCUT2D eigenvalue weighted by molar-refractivity contribution is 7.87. The smallest absolute Gasteiger partial charge is 0.280 e. The molecule has 6 nitrogen and oxygen atoms in total. The molecule has 164 valence electrons. The lowest BCUT2D eigenvalue weighted by atomic mass is 9.77. The Bertz CT molecular complexity index is 840. The molecule has 0 unspecified atom stereocenters. The number of halogens is 1. The number of benzene rings is 1. The molecular formula is C21H34ClN3O3S. The molecule has 0 spiro atoms. The molecule has 0 aromatic heterocycles. The first-order valence-electron chi connectivity index (χ1n) is 10.4. The van der Waals surface area contributed by atoms with Crippen LogP contribution in [0.4, 0.5) is 0 Å². The zero-order valence-electron chi connectivity index (χ0n) is 17.8. The van der Waals surface area contributed by atoms with Crippen LogP contribution in [0.1, 0.15) is 57.2 Å². The van der Waals surface area contributed by atoms with Gasteiger partial charge in [0.05, 0.1) is 7.11 Å². The predicted octanol–water partition coefficient (Wildman–Crippen LogP) is 3.13. The Labute approximate surface area is 181 Å². The van der Waals surface area contributed by atoms with Crippen LogP contribution in [0, 0.1) is 5.92 Å². The minimum absolute atomic E-state index is 0. The van der Waals surface area contributed by atoms with E-state index in [-0.39, 0.29) is 18.4 Å². The molecule has 2 saturated heterocycles. The molecule has 0 saturated carbocycles. The third-order valence-electron chi connectivity index (χ3n) is 6.36. The molecule has 1 aromatic rings. The van der Waals surface area contributed by atoms with E-state index in [1.54, 1.807) is 11.4 Å². The van der Waals surface area contributed by atoms with Crippen molar-refractivity contribution in [1.82, 2.24) is 13.9 Å². The summed E-state index contributed by atoms with van der Waals surface area (Å²) < 4.78 is 36.3. The lowest BCUT2D eigenvalue weighted by molar-refractivity contribution is 0.0212. The average Bonchev–Trinajstić information content (AvgIpc) is 2.63. The van der Waals surface area contributed by atoms with Crippen molar-refractivity contribution in [2.24, 2.45) is 5.92 Å². The Balaban J connectivity index is 0.00000240. The summed E-state index contributed by atoms with van der Waals surface area (Å²) in [6, 6.07) is 6.73. The highest BCUT2D eigenvalue weighted by atomic mass is 35.5. The van der Waals surface area contributed by atoms with Crippen molar-refractivity contribution in [2.45, 2.75) is 64.1 Å². The lowest BCUT2D eigenvalue weighted by Gasteiger charge is -2.52. The zero-order valence-corrected chi connectivity index (χ0v) is 19.5. The molecule has 0 aliphatic carbocycles. The van der Waals surface area contributed by atoms with Gasteiger partial charge in [0.2, 0.25) is 0 Å². The molecule has 3 aliphatic rings. The predicted molar refractivity (Wildman–Crippen MR) is 118 cm³/mol. The summed E-state index contributed by atoms with van der Waals surface area (Å²) in [5.74, 6) is 1.32. The van der Waals surface area contributed by atoms with Crippen LogP contribution in [-0.2, 0) is 16.6 Å². The van der Waals surface area contributed by atoms with E-state index < -0.39 is 15.7 Å². The summed E-state index contributed by atoms with van der Waals surface area (Å²) >= 11 is 0. The molecule has 1 aromatic carbocycles. The summed E-state index contributed by atoms with van der Waals surface area (Å²) in [7, 11) is -1.79. The van der Waals surface area contributed by atoms with Gasteiger partial charge in [-0.15, -0.1) is 12.4 Å². The molecule has 8 heteroatoms. The van der Waals surface area contributed by atoms with Crippen molar-refractivity contribution in [3.63, 3.8) is 0 Å². The van der Waals surface area contributed by atoms with Gasteiger partial charge in [0.1, 0.15) is 5.75 Å². The molecule has 1 N–H and O–H groups in total. The van der Waals surface area contributed by atoms with Crippen LogP contribution in [-0.4, -0.2) is 55.9 Å². The van der Waals surface area contributed by atoms with Gasteiger partial charge < -0.3 is 4.74 Å². The third kappa shape index (κ3) is 4.59. The minimum Gasteiger partial charge on any atom is -0.497 e. The second-order valence-electron chi connectivity index (χ2n) is 9.50. The van der Waals surface area contributed by atoms with Crippen LogP contribution in [0.5, 0.6) is 5.75 Å². The van der Waals surface area contributed by atoms with Gasteiger partial charge >= 0.3 is 0 Å². The average molecular weight is 444 g/mol. The van der Waals surface area contributed by atoms with E-state index >= 15 is 0 Å². The maximum absolute atomic E-state index is 13.1. The summed E-state index contributed by atoms with van der Waals surface area (Å²) in [5.41, 5.74) is 2.22. The van der Waals surface area contributed by atoms with Crippen LogP contribution >= 0.6 is 12.4 Å². The highest BCUT2D eigenvalue weighted by Crippen LogP contribution is 2.44. The first-order chi connectivity index (χ1) is 13.2. The van der Waals surface area contributed by atoms with Crippen molar-refractivity contribution in [1.29, 1.82) is 0 Å². The first kappa shape index (κ1) is 22.8. The van der Waals surface area contributed by atoms with E-state index in [0.717, 1.165) is 44.5 Å². The number of hydrogen-bond donors (Lipinski definition) is 1. The van der Waals surface area contributed by atoms with E-state index in [0.29, 0.717) is 18.5 Å². The molecule has 3 heterocycles. The van der Waals surface area contributed by atoms with Crippen LogP contribution in [0.3, 0.4) is 0 Å².